The SMILES string of the molecule is C#CC(C)(C)OC(=O)[C@@H]1[C@@H](C(=O)OCC(=C)Cl)[C@@H]2C=C[C@H]1C2. The second kappa shape index (κ2) is 6.18. The van der Waals surface area contributed by atoms with E-state index in [4.69, 9.17) is 27.5 Å². The summed E-state index contributed by atoms with van der Waals surface area (Å²) in [6, 6.07) is 0. The van der Waals surface area contributed by atoms with E-state index in [1.165, 1.54) is 0 Å². The molecule has 0 aromatic heterocycles. The van der Waals surface area contributed by atoms with Gasteiger partial charge in [-0.1, -0.05) is 36.3 Å². The molecule has 0 unspecified atom stereocenters. The summed E-state index contributed by atoms with van der Waals surface area (Å²) < 4.78 is 10.5. The van der Waals surface area contributed by atoms with Crippen LogP contribution in [0, 0.1) is 36.0 Å². The highest BCUT2D eigenvalue weighted by atomic mass is 35.5. The second-order valence-corrected chi connectivity index (χ2v) is 6.74. The fourth-order valence-electron chi connectivity index (χ4n) is 3.06. The summed E-state index contributed by atoms with van der Waals surface area (Å²) in [5.74, 6) is 0.396. The summed E-state index contributed by atoms with van der Waals surface area (Å²) in [6.45, 7) is 6.69. The highest BCUT2D eigenvalue weighted by Crippen LogP contribution is 2.49. The van der Waals surface area contributed by atoms with E-state index in [9.17, 15) is 9.59 Å². The standard InChI is InChI=1S/C17H19ClO4/c1-5-17(3,4)22-16(20)14-12-7-6-11(8-12)13(14)15(19)21-9-10(2)18/h1,6-7,11-14H,2,8-9H2,3-4H3/t11-,12+,13+,14+/m1/s1. The van der Waals surface area contributed by atoms with Crippen LogP contribution < -0.4 is 0 Å². The minimum Gasteiger partial charge on any atom is -0.460 e. The van der Waals surface area contributed by atoms with Crippen LogP contribution in [-0.2, 0) is 19.1 Å². The van der Waals surface area contributed by atoms with Crippen LogP contribution in [0.2, 0.25) is 0 Å². The van der Waals surface area contributed by atoms with Gasteiger partial charge < -0.3 is 9.47 Å². The molecule has 118 valence electrons. The lowest BCUT2D eigenvalue weighted by Crippen LogP contribution is -2.39. The van der Waals surface area contributed by atoms with Crippen LogP contribution in [0.5, 0.6) is 0 Å². The highest BCUT2D eigenvalue weighted by Gasteiger charge is 2.53. The van der Waals surface area contributed by atoms with Crippen molar-refractivity contribution in [2.45, 2.75) is 25.9 Å². The Kier molecular flexibility index (Phi) is 4.67. The van der Waals surface area contributed by atoms with Crippen molar-refractivity contribution in [3.05, 3.63) is 23.8 Å². The first-order valence-corrected chi connectivity index (χ1v) is 7.52. The molecular formula is C17H19ClO4. The maximum Gasteiger partial charge on any atom is 0.311 e. The summed E-state index contributed by atoms with van der Waals surface area (Å²) in [7, 11) is 0. The molecule has 0 amide bonds. The maximum absolute atomic E-state index is 12.5. The largest absolute Gasteiger partial charge is 0.460 e. The first-order valence-electron chi connectivity index (χ1n) is 7.14. The van der Waals surface area contributed by atoms with Crippen molar-refractivity contribution in [2.75, 3.05) is 6.61 Å². The van der Waals surface area contributed by atoms with Gasteiger partial charge in [-0.05, 0) is 32.1 Å². The Hall–Kier alpha value is -1.73. The fourth-order valence-corrected chi connectivity index (χ4v) is 3.11. The zero-order chi connectivity index (χ0) is 16.5. The van der Waals surface area contributed by atoms with Crippen molar-refractivity contribution in [3.8, 4) is 12.3 Å². The van der Waals surface area contributed by atoms with Gasteiger partial charge in [0, 0.05) is 5.03 Å². The molecule has 0 N–H and O–H groups in total. The molecule has 0 radical (unpaired) electrons. The molecule has 5 heteroatoms. The van der Waals surface area contributed by atoms with Gasteiger partial charge in [0.25, 0.3) is 0 Å². The van der Waals surface area contributed by atoms with Crippen molar-refractivity contribution >= 4 is 23.5 Å². The predicted molar refractivity (Wildman–Crippen MR) is 82.7 cm³/mol. The number of halogens is 1. The summed E-state index contributed by atoms with van der Waals surface area (Å²) in [6.07, 6.45) is 10.0. The summed E-state index contributed by atoms with van der Waals surface area (Å²) in [5.41, 5.74) is -0.999. The number of carbonyl (C=O) groups excluding carboxylic acids is 2. The molecule has 4 atom stereocenters. The van der Waals surface area contributed by atoms with Crippen LogP contribution in [0.1, 0.15) is 20.3 Å². The zero-order valence-electron chi connectivity index (χ0n) is 12.7. The lowest BCUT2D eigenvalue weighted by molar-refractivity contribution is -0.166. The molecule has 2 aliphatic carbocycles. The number of hydrogen-bond donors (Lipinski definition) is 0. The van der Waals surface area contributed by atoms with Crippen molar-refractivity contribution in [1.82, 2.24) is 0 Å². The third-order valence-corrected chi connectivity index (χ3v) is 4.19. The zero-order valence-corrected chi connectivity index (χ0v) is 13.4. The first-order chi connectivity index (χ1) is 10.2. The molecule has 1 fully saturated rings. The van der Waals surface area contributed by atoms with Crippen LogP contribution in [-0.4, -0.2) is 24.1 Å². The van der Waals surface area contributed by atoms with Crippen LogP contribution in [0.15, 0.2) is 23.8 Å². The number of fused-ring (bicyclic) bond motifs is 2. The molecule has 2 bridgehead atoms. The van der Waals surface area contributed by atoms with Gasteiger partial charge in [-0.2, -0.15) is 0 Å². The summed E-state index contributed by atoms with van der Waals surface area (Å²) in [4.78, 5) is 24.7. The average molecular weight is 323 g/mol. The van der Waals surface area contributed by atoms with E-state index in [0.717, 1.165) is 6.42 Å². The second-order valence-electron chi connectivity index (χ2n) is 6.20. The van der Waals surface area contributed by atoms with E-state index in [1.807, 2.05) is 12.2 Å². The summed E-state index contributed by atoms with van der Waals surface area (Å²) >= 11 is 5.61. The van der Waals surface area contributed by atoms with E-state index in [2.05, 4.69) is 12.5 Å². The van der Waals surface area contributed by atoms with E-state index in [1.54, 1.807) is 13.8 Å². The molecule has 22 heavy (non-hydrogen) atoms. The molecule has 2 aliphatic rings. The minimum absolute atomic E-state index is 0.00686. The Morgan fingerprint density at radius 3 is 2.36 bits per heavy atom. The predicted octanol–water partition coefficient (Wildman–Crippen LogP) is 2.68. The Morgan fingerprint density at radius 2 is 1.86 bits per heavy atom. The number of esters is 2. The number of ether oxygens (including phenoxy) is 2. The van der Waals surface area contributed by atoms with Gasteiger partial charge >= 0.3 is 11.9 Å². The van der Waals surface area contributed by atoms with Gasteiger partial charge in [0.05, 0.1) is 11.8 Å². The van der Waals surface area contributed by atoms with Gasteiger partial charge in [-0.15, -0.1) is 6.42 Å². The molecule has 2 rings (SSSR count). The molecule has 0 saturated heterocycles. The van der Waals surface area contributed by atoms with Crippen molar-refractivity contribution in [3.63, 3.8) is 0 Å². The maximum atomic E-state index is 12.5. The van der Waals surface area contributed by atoms with Crippen LogP contribution in [0.4, 0.5) is 0 Å². The van der Waals surface area contributed by atoms with E-state index in [-0.39, 0.29) is 23.5 Å². The Bertz CT molecular complexity index is 570. The lowest BCUT2D eigenvalue weighted by Gasteiger charge is -2.28. The van der Waals surface area contributed by atoms with Gasteiger partial charge in [-0.25, -0.2) is 0 Å². The molecule has 1 saturated carbocycles. The molecular weight excluding hydrogens is 304 g/mol. The minimum atomic E-state index is -0.999. The van der Waals surface area contributed by atoms with Gasteiger partial charge in [0.2, 0.25) is 0 Å². The smallest absolute Gasteiger partial charge is 0.311 e. The Morgan fingerprint density at radius 1 is 1.32 bits per heavy atom. The Balaban J connectivity index is 2.13. The van der Waals surface area contributed by atoms with Crippen LogP contribution in [0.3, 0.4) is 0 Å². The van der Waals surface area contributed by atoms with Gasteiger partial charge in [0.15, 0.2) is 5.60 Å². The third kappa shape index (κ3) is 3.36. The fraction of sp³-hybridized carbons (Fsp3) is 0.529. The molecule has 4 nitrogen and oxygen atoms in total. The number of carbonyl (C=O) groups is 2. The number of rotatable bonds is 5. The van der Waals surface area contributed by atoms with E-state index in [0.29, 0.717) is 0 Å². The quantitative estimate of drug-likeness (QED) is 0.443. The van der Waals surface area contributed by atoms with Crippen LogP contribution in [0.25, 0.3) is 0 Å². The average Bonchev–Trinajstić information content (AvgIpc) is 3.04. The van der Waals surface area contributed by atoms with E-state index >= 15 is 0 Å². The van der Waals surface area contributed by atoms with Crippen LogP contribution >= 0.6 is 11.6 Å². The monoisotopic (exact) mass is 322 g/mol. The third-order valence-electron chi connectivity index (χ3n) is 4.08. The number of hydrogen-bond acceptors (Lipinski definition) is 4. The highest BCUT2D eigenvalue weighted by molar-refractivity contribution is 6.29. The van der Waals surface area contributed by atoms with Crippen molar-refractivity contribution in [1.29, 1.82) is 0 Å². The van der Waals surface area contributed by atoms with Crippen molar-refractivity contribution < 1.29 is 19.1 Å². The van der Waals surface area contributed by atoms with Gasteiger partial charge in [0.1, 0.15) is 6.61 Å². The van der Waals surface area contributed by atoms with E-state index < -0.39 is 29.4 Å². The molecule has 0 aromatic rings. The molecule has 0 aromatic carbocycles. The first kappa shape index (κ1) is 16.6. The number of terminal acetylenes is 1. The lowest BCUT2D eigenvalue weighted by atomic mass is 9.83. The molecule has 0 heterocycles. The molecule has 0 aliphatic heterocycles. The number of allylic oxidation sites excluding steroid dienone is 2. The Labute approximate surface area is 135 Å². The summed E-state index contributed by atoms with van der Waals surface area (Å²) in [5, 5.41) is 0.236. The normalized spacial score (nSPS) is 29.0. The molecule has 0 spiro atoms. The topological polar surface area (TPSA) is 52.6 Å². The van der Waals surface area contributed by atoms with Gasteiger partial charge in [-0.3, -0.25) is 9.59 Å². The van der Waals surface area contributed by atoms with Crippen molar-refractivity contribution in [2.24, 2.45) is 23.7 Å².